The number of rotatable bonds is 5. The van der Waals surface area contributed by atoms with Gasteiger partial charge in [0, 0.05) is 18.1 Å². The lowest BCUT2D eigenvalue weighted by molar-refractivity contribution is -0.0957. The first-order valence-electron chi connectivity index (χ1n) is 5.62. The summed E-state index contributed by atoms with van der Waals surface area (Å²) in [5, 5.41) is 10.5. The van der Waals surface area contributed by atoms with Gasteiger partial charge < -0.3 is 9.84 Å². The topological polar surface area (TPSA) is 29.5 Å². The summed E-state index contributed by atoms with van der Waals surface area (Å²) >= 11 is 5.80. The molecule has 1 atom stereocenters. The molecule has 0 aromatic heterocycles. The molecule has 0 amide bonds. The molecule has 17 heavy (non-hydrogen) atoms. The minimum Gasteiger partial charge on any atom is -0.390 e. The van der Waals surface area contributed by atoms with Gasteiger partial charge in [0.1, 0.15) is 5.82 Å². The minimum absolute atomic E-state index is 0.180. The molecule has 1 aromatic rings. The Bertz CT molecular complexity index is 380. The molecule has 0 saturated heterocycles. The molecule has 1 unspecified atom stereocenters. The Labute approximate surface area is 106 Å². The quantitative estimate of drug-likeness (QED) is 0.881. The maximum atomic E-state index is 13.5. The van der Waals surface area contributed by atoms with Gasteiger partial charge >= 0.3 is 0 Å². The maximum Gasteiger partial charge on any atom is 0.126 e. The van der Waals surface area contributed by atoms with Gasteiger partial charge in [-0.1, -0.05) is 11.6 Å². The largest absolute Gasteiger partial charge is 0.390 e. The molecule has 0 spiro atoms. The van der Waals surface area contributed by atoms with Crippen LogP contribution in [0.4, 0.5) is 4.39 Å². The number of ether oxygens (including phenoxy) is 1. The second kappa shape index (κ2) is 5.80. The average Bonchev–Trinajstić information content (AvgIpc) is 2.23. The lowest BCUT2D eigenvalue weighted by Crippen LogP contribution is -2.40. The molecule has 0 heterocycles. The molecule has 0 radical (unpaired) electrons. The van der Waals surface area contributed by atoms with Crippen molar-refractivity contribution in [2.24, 2.45) is 0 Å². The van der Waals surface area contributed by atoms with Gasteiger partial charge in [-0.2, -0.15) is 0 Å². The van der Waals surface area contributed by atoms with Crippen LogP contribution in [0, 0.1) is 5.82 Å². The van der Waals surface area contributed by atoms with Crippen LogP contribution >= 0.6 is 11.6 Å². The zero-order chi connectivity index (χ0) is 13.1. The molecule has 0 saturated carbocycles. The number of aliphatic hydroxyl groups is 1. The number of halogens is 2. The molecule has 0 bridgehead atoms. The van der Waals surface area contributed by atoms with Gasteiger partial charge in [0.25, 0.3) is 0 Å². The zero-order valence-electron chi connectivity index (χ0n) is 10.3. The van der Waals surface area contributed by atoms with Crippen molar-refractivity contribution < 1.29 is 14.2 Å². The minimum atomic E-state index is -0.782. The van der Waals surface area contributed by atoms with Crippen LogP contribution in [0.25, 0.3) is 0 Å². The first-order chi connectivity index (χ1) is 7.86. The first kappa shape index (κ1) is 14.4. The Kier molecular flexibility index (Phi) is 4.92. The van der Waals surface area contributed by atoms with Crippen molar-refractivity contribution in [1.82, 2.24) is 0 Å². The SMILES string of the molecule is CCOC(C)(C)C(O)Cc1cc(Cl)ccc1F. The molecule has 0 aliphatic rings. The third kappa shape index (κ3) is 3.95. The summed E-state index contributed by atoms with van der Waals surface area (Å²) in [7, 11) is 0. The van der Waals surface area contributed by atoms with E-state index in [2.05, 4.69) is 0 Å². The number of aliphatic hydroxyl groups excluding tert-OH is 1. The molecule has 4 heteroatoms. The normalized spacial score (nSPS) is 13.8. The van der Waals surface area contributed by atoms with E-state index in [1.807, 2.05) is 6.92 Å². The van der Waals surface area contributed by atoms with Gasteiger partial charge in [-0.15, -0.1) is 0 Å². The van der Waals surface area contributed by atoms with E-state index < -0.39 is 11.7 Å². The average molecular weight is 261 g/mol. The molecule has 0 fully saturated rings. The second-order valence-electron chi connectivity index (χ2n) is 4.49. The van der Waals surface area contributed by atoms with Crippen LogP contribution < -0.4 is 0 Å². The first-order valence-corrected chi connectivity index (χ1v) is 6.00. The fraction of sp³-hybridized carbons (Fsp3) is 0.538. The summed E-state index contributed by atoms with van der Waals surface area (Å²) in [6.07, 6.45) is -0.602. The van der Waals surface area contributed by atoms with Crippen LogP contribution in [-0.2, 0) is 11.2 Å². The summed E-state index contributed by atoms with van der Waals surface area (Å²) in [5.74, 6) is -0.360. The third-order valence-corrected chi connectivity index (χ3v) is 2.97. The van der Waals surface area contributed by atoms with Crippen molar-refractivity contribution in [3.63, 3.8) is 0 Å². The standard InChI is InChI=1S/C13H18ClFO2/c1-4-17-13(2,3)12(16)8-9-7-10(14)5-6-11(9)15/h5-7,12,16H,4,8H2,1-3H3. The van der Waals surface area contributed by atoms with Gasteiger partial charge in [-0.25, -0.2) is 4.39 Å². The van der Waals surface area contributed by atoms with Crippen molar-refractivity contribution in [2.45, 2.75) is 38.9 Å². The molecule has 96 valence electrons. The summed E-state index contributed by atoms with van der Waals surface area (Å²) in [4.78, 5) is 0. The van der Waals surface area contributed by atoms with E-state index in [1.54, 1.807) is 13.8 Å². The van der Waals surface area contributed by atoms with Crippen molar-refractivity contribution >= 4 is 11.6 Å². The van der Waals surface area contributed by atoms with Crippen molar-refractivity contribution in [2.75, 3.05) is 6.61 Å². The Balaban J connectivity index is 2.80. The lowest BCUT2D eigenvalue weighted by Gasteiger charge is -2.30. The van der Waals surface area contributed by atoms with Gasteiger partial charge in [0.15, 0.2) is 0 Å². The van der Waals surface area contributed by atoms with Gasteiger partial charge in [-0.05, 0) is 44.5 Å². The van der Waals surface area contributed by atoms with E-state index in [9.17, 15) is 9.50 Å². The maximum absolute atomic E-state index is 13.5. The molecule has 0 aliphatic heterocycles. The van der Waals surface area contributed by atoms with Gasteiger partial charge in [-0.3, -0.25) is 0 Å². The lowest BCUT2D eigenvalue weighted by atomic mass is 9.94. The highest BCUT2D eigenvalue weighted by Crippen LogP contribution is 2.22. The molecule has 2 nitrogen and oxygen atoms in total. The Morgan fingerprint density at radius 3 is 2.71 bits per heavy atom. The Morgan fingerprint density at radius 1 is 1.47 bits per heavy atom. The summed E-state index contributed by atoms with van der Waals surface area (Å²) in [5.41, 5.74) is -0.304. The van der Waals surface area contributed by atoms with E-state index in [4.69, 9.17) is 16.3 Å². The third-order valence-electron chi connectivity index (χ3n) is 2.74. The van der Waals surface area contributed by atoms with Crippen molar-refractivity contribution in [1.29, 1.82) is 0 Å². The Morgan fingerprint density at radius 2 is 2.12 bits per heavy atom. The van der Waals surface area contributed by atoms with Crippen LogP contribution in [0.2, 0.25) is 5.02 Å². The summed E-state index contributed by atoms with van der Waals surface area (Å²) in [6.45, 7) is 5.92. The molecule has 1 aromatic carbocycles. The number of hydrogen-bond donors (Lipinski definition) is 1. The van der Waals surface area contributed by atoms with Crippen LogP contribution in [0.1, 0.15) is 26.3 Å². The number of benzene rings is 1. The van der Waals surface area contributed by atoms with E-state index >= 15 is 0 Å². The molecular formula is C13H18ClFO2. The zero-order valence-corrected chi connectivity index (χ0v) is 11.1. The summed E-state index contributed by atoms with van der Waals surface area (Å²) in [6, 6.07) is 4.32. The van der Waals surface area contributed by atoms with E-state index in [1.165, 1.54) is 18.2 Å². The van der Waals surface area contributed by atoms with Crippen LogP contribution in [-0.4, -0.2) is 23.4 Å². The number of hydrogen-bond acceptors (Lipinski definition) is 2. The summed E-state index contributed by atoms with van der Waals surface area (Å²) < 4.78 is 18.9. The molecule has 0 aliphatic carbocycles. The predicted octanol–water partition coefficient (Wildman–Crippen LogP) is 3.20. The van der Waals surface area contributed by atoms with Crippen LogP contribution in [0.15, 0.2) is 18.2 Å². The predicted molar refractivity (Wildman–Crippen MR) is 66.8 cm³/mol. The van der Waals surface area contributed by atoms with Crippen molar-refractivity contribution in [3.8, 4) is 0 Å². The smallest absolute Gasteiger partial charge is 0.126 e. The van der Waals surface area contributed by atoms with E-state index in [0.29, 0.717) is 17.2 Å². The molecular weight excluding hydrogens is 243 g/mol. The van der Waals surface area contributed by atoms with E-state index in [0.717, 1.165) is 0 Å². The van der Waals surface area contributed by atoms with Crippen molar-refractivity contribution in [3.05, 3.63) is 34.6 Å². The molecule has 1 rings (SSSR count). The van der Waals surface area contributed by atoms with Gasteiger partial charge in [0.05, 0.1) is 11.7 Å². The highest BCUT2D eigenvalue weighted by atomic mass is 35.5. The second-order valence-corrected chi connectivity index (χ2v) is 4.93. The van der Waals surface area contributed by atoms with Gasteiger partial charge in [0.2, 0.25) is 0 Å². The van der Waals surface area contributed by atoms with Crippen LogP contribution in [0.3, 0.4) is 0 Å². The fourth-order valence-electron chi connectivity index (χ4n) is 1.62. The Hall–Kier alpha value is -0.640. The fourth-order valence-corrected chi connectivity index (χ4v) is 1.82. The highest BCUT2D eigenvalue weighted by Gasteiger charge is 2.29. The van der Waals surface area contributed by atoms with E-state index in [-0.39, 0.29) is 12.2 Å². The molecule has 1 N–H and O–H groups in total. The monoisotopic (exact) mass is 260 g/mol. The van der Waals surface area contributed by atoms with Crippen LogP contribution in [0.5, 0.6) is 0 Å². The highest BCUT2D eigenvalue weighted by molar-refractivity contribution is 6.30.